The molecule has 1 saturated heterocycles. The van der Waals surface area contributed by atoms with E-state index in [-0.39, 0.29) is 0 Å². The molecule has 0 radical (unpaired) electrons. The summed E-state index contributed by atoms with van der Waals surface area (Å²) in [6, 6.07) is 0.743. The lowest BCUT2D eigenvalue weighted by atomic mass is 10.3. The summed E-state index contributed by atoms with van der Waals surface area (Å²) in [5.41, 5.74) is 1.20. The first-order valence-electron chi connectivity index (χ1n) is 7.03. The van der Waals surface area contributed by atoms with Crippen LogP contribution in [-0.4, -0.2) is 32.3 Å². The Hall–Kier alpha value is -0.260. The Morgan fingerprint density at radius 2 is 1.95 bits per heavy atom. The molecular formula is C14H21N3S2. The molecule has 3 rings (SSSR count). The fraction of sp³-hybridized carbons (Fsp3) is 0.714. The van der Waals surface area contributed by atoms with Crippen LogP contribution in [0, 0.1) is 0 Å². The van der Waals surface area contributed by atoms with Crippen molar-refractivity contribution in [1.29, 1.82) is 0 Å². The van der Waals surface area contributed by atoms with Crippen molar-refractivity contribution in [2.45, 2.75) is 55.0 Å². The third kappa shape index (κ3) is 3.64. The Labute approximate surface area is 123 Å². The molecule has 1 aliphatic heterocycles. The Kier molecular flexibility index (Phi) is 4.34. The van der Waals surface area contributed by atoms with Gasteiger partial charge in [0.25, 0.3) is 0 Å². The van der Waals surface area contributed by atoms with E-state index in [1.807, 2.05) is 35.9 Å². The number of thioether (sulfide) groups is 2. The maximum Gasteiger partial charge on any atom is 0.142 e. The van der Waals surface area contributed by atoms with Gasteiger partial charge in [-0.2, -0.15) is 11.8 Å². The fourth-order valence-corrected chi connectivity index (χ4v) is 4.95. The van der Waals surface area contributed by atoms with E-state index >= 15 is 0 Å². The second-order valence-electron chi connectivity index (χ2n) is 5.47. The van der Waals surface area contributed by atoms with Gasteiger partial charge in [-0.25, -0.2) is 9.97 Å². The highest BCUT2D eigenvalue weighted by atomic mass is 32.2. The molecule has 3 atom stereocenters. The lowest BCUT2D eigenvalue weighted by molar-refractivity contribution is 0.681. The summed E-state index contributed by atoms with van der Waals surface area (Å²) in [5.74, 6) is 2.14. The van der Waals surface area contributed by atoms with Crippen LogP contribution in [-0.2, 0) is 6.54 Å². The predicted octanol–water partition coefficient (Wildman–Crippen LogP) is 3.03. The summed E-state index contributed by atoms with van der Waals surface area (Å²) in [6.07, 6.45) is 6.63. The molecule has 2 fully saturated rings. The van der Waals surface area contributed by atoms with Crippen molar-refractivity contribution in [3.8, 4) is 0 Å². The highest BCUT2D eigenvalue weighted by Crippen LogP contribution is 2.42. The summed E-state index contributed by atoms with van der Waals surface area (Å²) in [6.45, 7) is 5.53. The zero-order chi connectivity index (χ0) is 13.2. The van der Waals surface area contributed by atoms with Gasteiger partial charge in [-0.3, -0.25) is 0 Å². The van der Waals surface area contributed by atoms with E-state index < -0.39 is 0 Å². The summed E-state index contributed by atoms with van der Waals surface area (Å²) < 4.78 is 0. The average molecular weight is 295 g/mol. The van der Waals surface area contributed by atoms with Gasteiger partial charge in [0.2, 0.25) is 0 Å². The maximum atomic E-state index is 4.57. The third-order valence-electron chi connectivity index (χ3n) is 3.74. The Morgan fingerprint density at radius 3 is 2.58 bits per heavy atom. The van der Waals surface area contributed by atoms with Crippen molar-refractivity contribution < 1.29 is 0 Å². The number of hydrogen-bond donors (Lipinski definition) is 1. The predicted molar refractivity (Wildman–Crippen MR) is 83.6 cm³/mol. The fourth-order valence-electron chi connectivity index (χ4n) is 2.09. The van der Waals surface area contributed by atoms with Gasteiger partial charge in [0.05, 0.1) is 5.25 Å². The molecule has 5 heteroatoms. The summed E-state index contributed by atoms with van der Waals surface area (Å²) in [4.78, 5) is 9.15. The molecular weight excluding hydrogens is 274 g/mol. The molecule has 19 heavy (non-hydrogen) atoms. The number of aromatic nitrogens is 2. The second kappa shape index (κ2) is 6.02. The molecule has 3 nitrogen and oxygen atoms in total. The highest BCUT2D eigenvalue weighted by Gasteiger charge is 2.28. The molecule has 0 bridgehead atoms. The first-order valence-corrected chi connectivity index (χ1v) is 9.03. The first kappa shape index (κ1) is 13.7. The van der Waals surface area contributed by atoms with Crippen LogP contribution < -0.4 is 5.32 Å². The summed E-state index contributed by atoms with van der Waals surface area (Å²) >= 11 is 4.06. The Bertz CT molecular complexity index is 419. The summed E-state index contributed by atoms with van der Waals surface area (Å²) in [5, 5.41) is 5.38. The zero-order valence-electron chi connectivity index (χ0n) is 11.5. The SMILES string of the molecule is CC1SCC(c2ncc(CNC3CC3)cn2)SC1C. The standard InChI is InChI=1S/C14H21N3S2/c1-9-10(2)19-13(8-18-9)14-16-6-11(7-17-14)5-15-12-3-4-12/h6-7,9-10,12-13,15H,3-5,8H2,1-2H3. The first-order chi connectivity index (χ1) is 9.22. The van der Waals surface area contributed by atoms with Crippen molar-refractivity contribution in [1.82, 2.24) is 15.3 Å². The van der Waals surface area contributed by atoms with E-state index in [4.69, 9.17) is 0 Å². The van der Waals surface area contributed by atoms with Crippen LogP contribution in [0.3, 0.4) is 0 Å². The maximum absolute atomic E-state index is 4.57. The molecule has 1 aromatic rings. The minimum Gasteiger partial charge on any atom is -0.310 e. The quantitative estimate of drug-likeness (QED) is 0.924. The lowest BCUT2D eigenvalue weighted by Gasteiger charge is -2.30. The Balaban J connectivity index is 1.58. The van der Waals surface area contributed by atoms with E-state index in [0.29, 0.717) is 10.5 Å². The normalized spacial score (nSPS) is 31.4. The van der Waals surface area contributed by atoms with Crippen LogP contribution in [0.15, 0.2) is 12.4 Å². The number of rotatable bonds is 4. The largest absolute Gasteiger partial charge is 0.310 e. The van der Waals surface area contributed by atoms with Gasteiger partial charge in [-0.15, -0.1) is 11.8 Å². The summed E-state index contributed by atoms with van der Waals surface area (Å²) in [7, 11) is 0. The molecule has 1 aromatic heterocycles. The van der Waals surface area contributed by atoms with Gasteiger partial charge in [-0.05, 0) is 12.8 Å². The average Bonchev–Trinajstić information content (AvgIpc) is 3.24. The molecule has 1 N–H and O–H groups in total. The van der Waals surface area contributed by atoms with Crippen molar-refractivity contribution in [3.05, 3.63) is 23.8 Å². The molecule has 3 unspecified atom stereocenters. The highest BCUT2D eigenvalue weighted by molar-refractivity contribution is 8.07. The molecule has 104 valence electrons. The molecule has 0 amide bonds. The van der Waals surface area contributed by atoms with Crippen LogP contribution in [0.2, 0.25) is 0 Å². The van der Waals surface area contributed by atoms with E-state index in [0.717, 1.165) is 29.4 Å². The number of nitrogens with zero attached hydrogens (tertiary/aromatic N) is 2. The minimum absolute atomic E-state index is 0.460. The topological polar surface area (TPSA) is 37.8 Å². The van der Waals surface area contributed by atoms with Crippen LogP contribution in [0.25, 0.3) is 0 Å². The smallest absolute Gasteiger partial charge is 0.142 e. The van der Waals surface area contributed by atoms with Crippen molar-refractivity contribution in [3.63, 3.8) is 0 Å². The van der Waals surface area contributed by atoms with Gasteiger partial charge in [0.1, 0.15) is 5.82 Å². The van der Waals surface area contributed by atoms with Gasteiger partial charge in [0, 0.05) is 46.8 Å². The van der Waals surface area contributed by atoms with E-state index in [9.17, 15) is 0 Å². The van der Waals surface area contributed by atoms with E-state index in [1.54, 1.807) is 0 Å². The van der Waals surface area contributed by atoms with Gasteiger partial charge < -0.3 is 5.32 Å². The van der Waals surface area contributed by atoms with Gasteiger partial charge >= 0.3 is 0 Å². The van der Waals surface area contributed by atoms with Gasteiger partial charge in [0.15, 0.2) is 0 Å². The van der Waals surface area contributed by atoms with Crippen LogP contribution in [0.4, 0.5) is 0 Å². The molecule has 2 aliphatic rings. The molecule has 2 heterocycles. The van der Waals surface area contributed by atoms with Crippen molar-refractivity contribution >= 4 is 23.5 Å². The van der Waals surface area contributed by atoms with Crippen LogP contribution in [0.1, 0.15) is 43.3 Å². The number of nitrogens with one attached hydrogen (secondary N) is 1. The monoisotopic (exact) mass is 295 g/mol. The van der Waals surface area contributed by atoms with Gasteiger partial charge in [-0.1, -0.05) is 13.8 Å². The van der Waals surface area contributed by atoms with Crippen molar-refractivity contribution in [2.75, 3.05) is 5.75 Å². The second-order valence-corrected chi connectivity index (χ2v) is 8.47. The van der Waals surface area contributed by atoms with E-state index in [2.05, 4.69) is 29.1 Å². The third-order valence-corrected chi connectivity index (χ3v) is 7.12. The molecule has 0 aromatic carbocycles. The van der Waals surface area contributed by atoms with E-state index in [1.165, 1.54) is 18.4 Å². The number of hydrogen-bond acceptors (Lipinski definition) is 5. The van der Waals surface area contributed by atoms with Crippen LogP contribution in [0.5, 0.6) is 0 Å². The molecule has 1 aliphatic carbocycles. The lowest BCUT2D eigenvalue weighted by Crippen LogP contribution is -2.23. The molecule has 1 saturated carbocycles. The molecule has 0 spiro atoms. The minimum atomic E-state index is 0.460. The Morgan fingerprint density at radius 1 is 1.21 bits per heavy atom. The zero-order valence-corrected chi connectivity index (χ0v) is 13.1. The van der Waals surface area contributed by atoms with Crippen LogP contribution >= 0.6 is 23.5 Å². The van der Waals surface area contributed by atoms with Crippen molar-refractivity contribution in [2.24, 2.45) is 0 Å².